The van der Waals surface area contributed by atoms with Gasteiger partial charge < -0.3 is 14.6 Å². The van der Waals surface area contributed by atoms with Crippen molar-refractivity contribution < 1.29 is 9.13 Å². The van der Waals surface area contributed by atoms with Gasteiger partial charge in [-0.15, -0.1) is 0 Å². The fourth-order valence-electron chi connectivity index (χ4n) is 2.00. The summed E-state index contributed by atoms with van der Waals surface area (Å²) in [5.41, 5.74) is 0.943. The molecular weight excluding hydrogens is 257 g/mol. The maximum atomic E-state index is 13.9. The molecule has 1 aliphatic rings. The monoisotopic (exact) mass is 275 g/mol. The maximum absolute atomic E-state index is 13.9. The van der Waals surface area contributed by atoms with E-state index in [2.05, 4.69) is 10.3 Å². The zero-order chi connectivity index (χ0) is 13.9. The van der Waals surface area contributed by atoms with Crippen molar-refractivity contribution in [1.29, 1.82) is 0 Å². The second-order valence-corrected chi connectivity index (χ2v) is 5.16. The van der Waals surface area contributed by atoms with Crippen molar-refractivity contribution in [3.63, 3.8) is 0 Å². The van der Waals surface area contributed by atoms with Crippen LogP contribution in [0.15, 0.2) is 30.6 Å². The van der Waals surface area contributed by atoms with Crippen LogP contribution in [-0.2, 0) is 20.2 Å². The number of aromatic nitrogens is 2. The molecule has 5 heteroatoms. The highest BCUT2D eigenvalue weighted by atomic mass is 19.1. The normalized spacial score (nSPS) is 14.5. The first-order chi connectivity index (χ1) is 9.72. The lowest BCUT2D eigenvalue weighted by molar-refractivity contribution is 0.277. The van der Waals surface area contributed by atoms with Crippen molar-refractivity contribution in [2.24, 2.45) is 7.05 Å². The number of aryl methyl sites for hydroxylation is 1. The summed E-state index contributed by atoms with van der Waals surface area (Å²) in [5.74, 6) is 0.710. The van der Waals surface area contributed by atoms with Crippen LogP contribution in [0.5, 0.6) is 5.75 Å². The summed E-state index contributed by atoms with van der Waals surface area (Å²) in [4.78, 5) is 4.14. The molecule has 0 saturated heterocycles. The van der Waals surface area contributed by atoms with Gasteiger partial charge in [-0.1, -0.05) is 6.07 Å². The van der Waals surface area contributed by atoms with Crippen molar-refractivity contribution in [2.45, 2.75) is 32.0 Å². The number of halogens is 1. The average Bonchev–Trinajstić information content (AvgIpc) is 3.18. The van der Waals surface area contributed by atoms with Crippen LogP contribution in [0.1, 0.15) is 24.2 Å². The molecule has 1 aliphatic carbocycles. The summed E-state index contributed by atoms with van der Waals surface area (Å²) < 4.78 is 21.3. The van der Waals surface area contributed by atoms with Crippen LogP contribution >= 0.6 is 0 Å². The van der Waals surface area contributed by atoms with Crippen molar-refractivity contribution >= 4 is 0 Å². The molecular formula is C15H18FN3O. The van der Waals surface area contributed by atoms with E-state index < -0.39 is 0 Å². The minimum Gasteiger partial charge on any atom is -0.483 e. The standard InChI is InChI=1S/C15H18FN3O/c1-19-7-6-17-15(19)10-20-14-5-2-11(8-13(14)16)9-18-12-3-4-12/h2,5-8,12,18H,3-4,9-10H2,1H3. The summed E-state index contributed by atoms with van der Waals surface area (Å²) in [6.07, 6.45) is 5.99. The number of rotatable bonds is 6. The first-order valence-electron chi connectivity index (χ1n) is 6.83. The Labute approximate surface area is 117 Å². The van der Waals surface area contributed by atoms with Gasteiger partial charge in [-0.2, -0.15) is 0 Å². The summed E-state index contributed by atoms with van der Waals surface area (Å²) in [6, 6.07) is 5.73. The van der Waals surface area contributed by atoms with E-state index in [1.807, 2.05) is 23.9 Å². The number of nitrogens with one attached hydrogen (secondary N) is 1. The molecule has 0 atom stereocenters. The molecule has 4 nitrogen and oxygen atoms in total. The number of hydrogen-bond donors (Lipinski definition) is 1. The van der Waals surface area contributed by atoms with Crippen molar-refractivity contribution in [1.82, 2.24) is 14.9 Å². The highest BCUT2D eigenvalue weighted by Crippen LogP contribution is 2.22. The summed E-state index contributed by atoms with van der Waals surface area (Å²) in [6.45, 7) is 0.974. The summed E-state index contributed by atoms with van der Waals surface area (Å²) in [5, 5.41) is 3.36. The molecule has 20 heavy (non-hydrogen) atoms. The van der Waals surface area contributed by atoms with Crippen LogP contribution in [0.25, 0.3) is 0 Å². The Kier molecular flexibility index (Phi) is 3.69. The van der Waals surface area contributed by atoms with E-state index in [1.165, 1.54) is 18.9 Å². The Morgan fingerprint density at radius 1 is 1.45 bits per heavy atom. The van der Waals surface area contributed by atoms with Gasteiger partial charge in [0.1, 0.15) is 12.4 Å². The van der Waals surface area contributed by atoms with E-state index in [-0.39, 0.29) is 18.2 Å². The van der Waals surface area contributed by atoms with Gasteiger partial charge in [-0.25, -0.2) is 9.37 Å². The molecule has 1 aromatic heterocycles. The molecule has 0 unspecified atom stereocenters. The van der Waals surface area contributed by atoms with Crippen LogP contribution in [0.3, 0.4) is 0 Å². The molecule has 1 aromatic carbocycles. The van der Waals surface area contributed by atoms with E-state index in [0.29, 0.717) is 12.6 Å². The first-order valence-corrected chi connectivity index (χ1v) is 6.83. The Morgan fingerprint density at radius 3 is 2.95 bits per heavy atom. The maximum Gasteiger partial charge on any atom is 0.165 e. The van der Waals surface area contributed by atoms with Crippen LogP contribution in [0.4, 0.5) is 4.39 Å². The minimum absolute atomic E-state index is 0.264. The third-order valence-electron chi connectivity index (χ3n) is 3.45. The average molecular weight is 275 g/mol. The topological polar surface area (TPSA) is 39.1 Å². The molecule has 2 aromatic rings. The lowest BCUT2D eigenvalue weighted by Crippen LogP contribution is -2.15. The zero-order valence-corrected chi connectivity index (χ0v) is 11.5. The van der Waals surface area contributed by atoms with E-state index in [1.54, 1.807) is 12.3 Å². The Balaban J connectivity index is 1.60. The third kappa shape index (κ3) is 3.17. The van der Waals surface area contributed by atoms with Crippen LogP contribution < -0.4 is 10.1 Å². The predicted octanol–water partition coefficient (Wildman–Crippen LogP) is 2.39. The van der Waals surface area contributed by atoms with Crippen molar-refractivity contribution in [3.05, 3.63) is 47.8 Å². The van der Waals surface area contributed by atoms with E-state index in [0.717, 1.165) is 11.4 Å². The van der Waals surface area contributed by atoms with E-state index >= 15 is 0 Å². The highest BCUT2D eigenvalue weighted by Gasteiger charge is 2.20. The molecule has 1 heterocycles. The molecule has 1 N–H and O–H groups in total. The zero-order valence-electron chi connectivity index (χ0n) is 11.5. The van der Waals surface area contributed by atoms with Gasteiger partial charge in [-0.05, 0) is 30.5 Å². The largest absolute Gasteiger partial charge is 0.483 e. The molecule has 3 rings (SSSR count). The number of imidazole rings is 1. The van der Waals surface area contributed by atoms with Gasteiger partial charge in [0.25, 0.3) is 0 Å². The molecule has 0 aliphatic heterocycles. The van der Waals surface area contributed by atoms with Gasteiger partial charge in [0.15, 0.2) is 11.6 Å². The van der Waals surface area contributed by atoms with Crippen molar-refractivity contribution in [2.75, 3.05) is 0 Å². The second-order valence-electron chi connectivity index (χ2n) is 5.16. The third-order valence-corrected chi connectivity index (χ3v) is 3.45. The molecule has 1 fully saturated rings. The van der Waals surface area contributed by atoms with Gasteiger partial charge in [0.05, 0.1) is 0 Å². The molecule has 0 amide bonds. The molecule has 106 valence electrons. The molecule has 0 bridgehead atoms. The van der Waals surface area contributed by atoms with Crippen LogP contribution in [-0.4, -0.2) is 15.6 Å². The van der Waals surface area contributed by atoms with E-state index in [9.17, 15) is 4.39 Å². The van der Waals surface area contributed by atoms with Crippen molar-refractivity contribution in [3.8, 4) is 5.75 Å². The quantitative estimate of drug-likeness (QED) is 0.880. The van der Waals surface area contributed by atoms with Crippen LogP contribution in [0.2, 0.25) is 0 Å². The fourth-order valence-corrected chi connectivity index (χ4v) is 2.00. The minimum atomic E-state index is -0.325. The van der Waals surface area contributed by atoms with E-state index in [4.69, 9.17) is 4.74 Å². The Morgan fingerprint density at radius 2 is 2.30 bits per heavy atom. The van der Waals surface area contributed by atoms with Crippen LogP contribution in [0, 0.1) is 5.82 Å². The van der Waals surface area contributed by atoms with Gasteiger partial charge >= 0.3 is 0 Å². The number of ether oxygens (including phenoxy) is 1. The van der Waals surface area contributed by atoms with Gasteiger partial charge in [0.2, 0.25) is 0 Å². The Hall–Kier alpha value is -1.88. The number of benzene rings is 1. The highest BCUT2D eigenvalue weighted by molar-refractivity contribution is 5.29. The Bertz CT molecular complexity index is 593. The second kappa shape index (κ2) is 5.63. The summed E-state index contributed by atoms with van der Waals surface area (Å²) in [7, 11) is 1.88. The number of nitrogens with zero attached hydrogens (tertiary/aromatic N) is 2. The predicted molar refractivity (Wildman–Crippen MR) is 73.8 cm³/mol. The molecule has 1 saturated carbocycles. The smallest absolute Gasteiger partial charge is 0.165 e. The fraction of sp³-hybridized carbons (Fsp3) is 0.400. The molecule has 0 radical (unpaired) electrons. The lowest BCUT2D eigenvalue weighted by Gasteiger charge is -2.09. The number of hydrogen-bond acceptors (Lipinski definition) is 3. The SMILES string of the molecule is Cn1ccnc1COc1ccc(CNC2CC2)cc1F. The first kappa shape index (κ1) is 13.1. The molecule has 0 spiro atoms. The van der Waals surface area contributed by atoms with Gasteiger partial charge in [0, 0.05) is 32.0 Å². The summed E-state index contributed by atoms with van der Waals surface area (Å²) >= 11 is 0. The van der Waals surface area contributed by atoms with Gasteiger partial charge in [-0.3, -0.25) is 0 Å². The lowest BCUT2D eigenvalue weighted by atomic mass is 10.2.